The molecule has 5 nitrogen and oxygen atoms in total. The zero-order valence-corrected chi connectivity index (χ0v) is 13.8. The van der Waals surface area contributed by atoms with Gasteiger partial charge in [-0.15, -0.1) is 0 Å². The number of hydrogen-bond donors (Lipinski definition) is 0. The quantitative estimate of drug-likeness (QED) is 0.617. The van der Waals surface area contributed by atoms with Crippen molar-refractivity contribution < 1.29 is 14.3 Å². The molecule has 0 N–H and O–H groups in total. The first kappa shape index (κ1) is 17.0. The second kappa shape index (κ2) is 6.41. The van der Waals surface area contributed by atoms with Crippen LogP contribution >= 0.6 is 0 Å². The van der Waals surface area contributed by atoms with Gasteiger partial charge in [-0.25, -0.2) is 11.4 Å². The van der Waals surface area contributed by atoms with Crippen LogP contribution in [0.25, 0.3) is 4.85 Å². The summed E-state index contributed by atoms with van der Waals surface area (Å²) in [5, 5.41) is 0. The third-order valence-electron chi connectivity index (χ3n) is 3.78. The molecule has 1 fully saturated rings. The van der Waals surface area contributed by atoms with Gasteiger partial charge in [-0.05, 0) is 33.6 Å². The lowest BCUT2D eigenvalue weighted by Crippen LogP contribution is -2.48. The molecule has 0 aliphatic heterocycles. The highest BCUT2D eigenvalue weighted by Crippen LogP contribution is 2.43. The van der Waals surface area contributed by atoms with Crippen LogP contribution in [-0.4, -0.2) is 41.0 Å². The molecule has 1 aromatic carbocycles. The zero-order valence-electron chi connectivity index (χ0n) is 13.8. The third kappa shape index (κ3) is 4.32. The summed E-state index contributed by atoms with van der Waals surface area (Å²) >= 11 is 0. The van der Waals surface area contributed by atoms with E-state index in [1.807, 2.05) is 6.07 Å². The first-order valence-electron chi connectivity index (χ1n) is 7.69. The van der Waals surface area contributed by atoms with E-state index in [-0.39, 0.29) is 18.9 Å². The topological polar surface area (TPSA) is 51.0 Å². The van der Waals surface area contributed by atoms with Gasteiger partial charge in [0.05, 0.1) is 6.54 Å². The second-order valence-corrected chi connectivity index (χ2v) is 6.90. The van der Waals surface area contributed by atoms with Crippen LogP contribution in [0.3, 0.4) is 0 Å². The van der Waals surface area contributed by atoms with E-state index < -0.39 is 17.2 Å². The molecular formula is C18H22N2O3. The number of Topliss-reactive ketones (excluding diaryl/α,β-unsaturated/α-hetero) is 1. The molecule has 0 unspecified atom stereocenters. The Kier molecular flexibility index (Phi) is 4.74. The maximum atomic E-state index is 12.5. The number of rotatable bonds is 5. The third-order valence-corrected chi connectivity index (χ3v) is 3.78. The summed E-state index contributed by atoms with van der Waals surface area (Å²) in [6.07, 6.45) is 0.941. The highest BCUT2D eigenvalue weighted by atomic mass is 16.6. The molecule has 0 radical (unpaired) electrons. The van der Waals surface area contributed by atoms with Gasteiger partial charge in [-0.2, -0.15) is 0 Å². The van der Waals surface area contributed by atoms with Gasteiger partial charge in [0, 0.05) is 5.56 Å². The zero-order chi connectivity index (χ0) is 17.1. The van der Waals surface area contributed by atoms with Crippen LogP contribution in [0.1, 0.15) is 44.0 Å². The fourth-order valence-electron chi connectivity index (χ4n) is 2.41. The van der Waals surface area contributed by atoms with E-state index in [2.05, 4.69) is 4.85 Å². The molecule has 1 saturated carbocycles. The molecule has 0 aromatic heterocycles. The van der Waals surface area contributed by atoms with Crippen LogP contribution in [0.4, 0.5) is 4.79 Å². The lowest BCUT2D eigenvalue weighted by molar-refractivity contribution is 0.0147. The minimum atomic E-state index is -0.640. The number of carbonyl (C=O) groups is 2. The predicted octanol–water partition coefficient (Wildman–Crippen LogP) is 3.56. The number of hydrogen-bond acceptors (Lipinski definition) is 3. The van der Waals surface area contributed by atoms with Crippen molar-refractivity contribution >= 4 is 11.9 Å². The molecule has 5 heteroatoms. The second-order valence-electron chi connectivity index (χ2n) is 6.90. The Bertz CT molecular complexity index is 622. The van der Waals surface area contributed by atoms with Crippen molar-refractivity contribution in [3.63, 3.8) is 0 Å². The first-order valence-corrected chi connectivity index (χ1v) is 7.69. The van der Waals surface area contributed by atoms with Crippen LogP contribution in [0, 0.1) is 6.57 Å². The summed E-state index contributed by atoms with van der Waals surface area (Å²) in [4.78, 5) is 29.9. The number of carbonyl (C=O) groups excluding carboxylic acids is 2. The minimum absolute atomic E-state index is 0.0611. The molecule has 0 bridgehead atoms. The SMILES string of the molecule is [C-]#[N+]CC1(N(CC(=O)c2ccccc2)C(=O)OC(C)(C)C)CC1. The number of nitrogens with zero attached hydrogens (tertiary/aromatic N) is 2. The Labute approximate surface area is 137 Å². The Morgan fingerprint density at radius 3 is 2.35 bits per heavy atom. The van der Waals surface area contributed by atoms with Gasteiger partial charge >= 0.3 is 6.09 Å². The Hall–Kier alpha value is -2.35. The fourth-order valence-corrected chi connectivity index (χ4v) is 2.41. The number of ketones is 1. The highest BCUT2D eigenvalue weighted by Gasteiger charge is 2.55. The summed E-state index contributed by atoms with van der Waals surface area (Å²) in [5.41, 5.74) is -0.631. The molecule has 0 spiro atoms. The smallest absolute Gasteiger partial charge is 0.411 e. The Morgan fingerprint density at radius 1 is 1.26 bits per heavy atom. The van der Waals surface area contributed by atoms with Crippen LogP contribution in [0.5, 0.6) is 0 Å². The normalized spacial score (nSPS) is 15.4. The lowest BCUT2D eigenvalue weighted by Gasteiger charge is -2.31. The Morgan fingerprint density at radius 2 is 1.87 bits per heavy atom. The monoisotopic (exact) mass is 314 g/mol. The van der Waals surface area contributed by atoms with E-state index in [0.29, 0.717) is 5.56 Å². The summed E-state index contributed by atoms with van der Waals surface area (Å²) in [7, 11) is 0. The van der Waals surface area contributed by atoms with Crippen LogP contribution in [-0.2, 0) is 4.74 Å². The number of benzene rings is 1. The van der Waals surface area contributed by atoms with E-state index in [1.165, 1.54) is 4.90 Å². The molecule has 2 rings (SSSR count). The summed E-state index contributed by atoms with van der Waals surface area (Å²) < 4.78 is 5.44. The van der Waals surface area contributed by atoms with Crippen molar-refractivity contribution in [1.82, 2.24) is 4.90 Å². The maximum absolute atomic E-state index is 12.5. The summed E-state index contributed by atoms with van der Waals surface area (Å²) in [6.45, 7) is 12.6. The average molecular weight is 314 g/mol. The fraction of sp³-hybridized carbons (Fsp3) is 0.500. The molecule has 0 saturated heterocycles. The van der Waals surface area contributed by atoms with Gasteiger partial charge in [-0.3, -0.25) is 9.69 Å². The summed E-state index contributed by atoms with van der Waals surface area (Å²) in [5.74, 6) is -0.146. The summed E-state index contributed by atoms with van der Waals surface area (Å²) in [6, 6.07) is 8.87. The first-order chi connectivity index (χ1) is 10.8. The minimum Gasteiger partial charge on any atom is -0.444 e. The standard InChI is InChI=1S/C18H22N2O3/c1-17(2,3)23-16(22)20(18(10-11-18)13-19-4)12-15(21)14-8-6-5-7-9-14/h5-9H,10-13H2,1-3H3. The number of amides is 1. The molecule has 0 atom stereocenters. The number of ether oxygens (including phenoxy) is 1. The van der Waals surface area contributed by atoms with Gasteiger partial charge < -0.3 is 9.58 Å². The van der Waals surface area contributed by atoms with E-state index in [1.54, 1.807) is 45.0 Å². The molecular weight excluding hydrogens is 292 g/mol. The van der Waals surface area contributed by atoms with Crippen molar-refractivity contribution in [1.29, 1.82) is 0 Å². The molecule has 1 aliphatic rings. The molecule has 122 valence electrons. The molecule has 0 heterocycles. The van der Waals surface area contributed by atoms with Crippen LogP contribution < -0.4 is 0 Å². The van der Waals surface area contributed by atoms with E-state index in [4.69, 9.17) is 11.3 Å². The van der Waals surface area contributed by atoms with Gasteiger partial charge in [0.2, 0.25) is 6.54 Å². The van der Waals surface area contributed by atoms with Crippen molar-refractivity contribution in [2.45, 2.75) is 44.8 Å². The highest BCUT2D eigenvalue weighted by molar-refractivity contribution is 5.99. The Balaban J connectivity index is 2.19. The lowest BCUT2D eigenvalue weighted by atomic mass is 10.1. The van der Waals surface area contributed by atoms with Gasteiger partial charge in [-0.1, -0.05) is 30.3 Å². The maximum Gasteiger partial charge on any atom is 0.411 e. The van der Waals surface area contributed by atoms with Crippen molar-refractivity contribution in [3.05, 3.63) is 47.3 Å². The van der Waals surface area contributed by atoms with Crippen molar-refractivity contribution in [2.24, 2.45) is 0 Å². The van der Waals surface area contributed by atoms with E-state index >= 15 is 0 Å². The molecule has 1 amide bonds. The predicted molar refractivity (Wildman–Crippen MR) is 87.1 cm³/mol. The van der Waals surface area contributed by atoms with Crippen LogP contribution in [0.2, 0.25) is 0 Å². The van der Waals surface area contributed by atoms with E-state index in [0.717, 1.165) is 12.8 Å². The van der Waals surface area contributed by atoms with Gasteiger partial charge in [0.15, 0.2) is 5.78 Å². The van der Waals surface area contributed by atoms with Crippen LogP contribution in [0.15, 0.2) is 30.3 Å². The van der Waals surface area contributed by atoms with Crippen molar-refractivity contribution in [3.8, 4) is 0 Å². The molecule has 1 aliphatic carbocycles. The van der Waals surface area contributed by atoms with Crippen molar-refractivity contribution in [2.75, 3.05) is 13.1 Å². The average Bonchev–Trinajstić information content (AvgIpc) is 3.24. The largest absolute Gasteiger partial charge is 0.444 e. The van der Waals surface area contributed by atoms with Gasteiger partial charge in [0.25, 0.3) is 0 Å². The molecule has 1 aromatic rings. The molecule has 23 heavy (non-hydrogen) atoms. The van der Waals surface area contributed by atoms with E-state index in [9.17, 15) is 9.59 Å². The van der Waals surface area contributed by atoms with Gasteiger partial charge in [0.1, 0.15) is 11.1 Å².